The fourth-order valence-corrected chi connectivity index (χ4v) is 4.73. The van der Waals surface area contributed by atoms with Gasteiger partial charge in [0.15, 0.2) is 21.3 Å². The van der Waals surface area contributed by atoms with Gasteiger partial charge in [-0.05, 0) is 37.6 Å². The molecule has 190 valence electrons. The monoisotopic (exact) mass is 512 g/mol. The van der Waals surface area contributed by atoms with E-state index in [2.05, 4.69) is 39.0 Å². The van der Waals surface area contributed by atoms with Crippen LogP contribution in [0.25, 0.3) is 11.7 Å². The second-order valence-corrected chi connectivity index (χ2v) is 10.6. The molecule has 11 heteroatoms. The first kappa shape index (κ1) is 25.5. The van der Waals surface area contributed by atoms with E-state index in [0.717, 1.165) is 12.8 Å². The Hall–Kier alpha value is -3.62. The number of hydrogen-bond donors (Lipinski definition) is 2. The number of halogens is 1. The summed E-state index contributed by atoms with van der Waals surface area (Å²) in [7, 11) is 0.0423. The zero-order chi connectivity index (χ0) is 25.9. The van der Waals surface area contributed by atoms with Gasteiger partial charge in [-0.2, -0.15) is 0 Å². The van der Waals surface area contributed by atoms with E-state index in [0.29, 0.717) is 47.3 Å². The van der Waals surface area contributed by atoms with Crippen molar-refractivity contribution in [1.29, 1.82) is 0 Å². The second kappa shape index (κ2) is 10.6. The molecule has 2 atom stereocenters. The fraction of sp³-hybridized carbons (Fsp3) is 0.360. The van der Waals surface area contributed by atoms with Gasteiger partial charge in [0.05, 0.1) is 36.0 Å². The van der Waals surface area contributed by atoms with Crippen molar-refractivity contribution in [1.82, 2.24) is 19.3 Å². The highest BCUT2D eigenvalue weighted by Gasteiger charge is 2.28. The number of aromatic nitrogens is 3. The Labute approximate surface area is 210 Å². The van der Waals surface area contributed by atoms with Gasteiger partial charge in [-0.3, -0.25) is 4.40 Å². The molecule has 0 saturated carbocycles. The number of nitrogens with zero attached hydrogens (tertiary/aromatic N) is 4. The molecule has 0 aliphatic carbocycles. The number of fused-ring (bicyclic) bond motifs is 1. The summed E-state index contributed by atoms with van der Waals surface area (Å²) in [5, 5.41) is 6.36. The van der Waals surface area contributed by atoms with Crippen LogP contribution < -0.4 is 15.4 Å². The van der Waals surface area contributed by atoms with E-state index in [-0.39, 0.29) is 17.5 Å². The number of alkyl halides is 1. The zero-order valence-electron chi connectivity index (χ0n) is 20.5. The average Bonchev–Trinajstić information content (AvgIpc) is 3.21. The predicted molar refractivity (Wildman–Crippen MR) is 139 cm³/mol. The van der Waals surface area contributed by atoms with Crippen molar-refractivity contribution in [3.63, 3.8) is 0 Å². The lowest BCUT2D eigenvalue weighted by Crippen LogP contribution is -2.46. The lowest BCUT2D eigenvalue weighted by molar-refractivity contribution is 0.149. The Morgan fingerprint density at radius 1 is 1.39 bits per heavy atom. The quantitative estimate of drug-likeness (QED) is 0.466. The van der Waals surface area contributed by atoms with Gasteiger partial charge in [-0.25, -0.2) is 22.8 Å². The molecule has 0 amide bonds. The summed E-state index contributed by atoms with van der Waals surface area (Å²) in [4.78, 5) is 11.2. The number of nitrogens with one attached hydrogen (secondary N) is 2. The largest absolute Gasteiger partial charge is 0.495 e. The number of ether oxygens (including phenoxy) is 1. The highest BCUT2D eigenvalue weighted by Crippen LogP contribution is 2.27. The Kier molecular flexibility index (Phi) is 7.47. The van der Waals surface area contributed by atoms with Gasteiger partial charge in [0.2, 0.25) is 0 Å². The number of benzene rings is 1. The molecule has 2 N–H and O–H groups in total. The highest BCUT2D eigenvalue weighted by molar-refractivity contribution is 7.90. The van der Waals surface area contributed by atoms with Crippen LogP contribution in [0.3, 0.4) is 0 Å². The number of rotatable bonds is 7. The van der Waals surface area contributed by atoms with Crippen LogP contribution in [0.4, 0.5) is 15.9 Å². The summed E-state index contributed by atoms with van der Waals surface area (Å²) < 4.78 is 45.3. The lowest BCUT2D eigenvalue weighted by atomic mass is 10.0. The third kappa shape index (κ3) is 5.45. The van der Waals surface area contributed by atoms with E-state index in [1.54, 1.807) is 24.5 Å². The minimum absolute atomic E-state index is 0.175. The molecule has 0 unspecified atom stereocenters. The molecule has 0 radical (unpaired) electrons. The minimum Gasteiger partial charge on any atom is -0.495 e. The van der Waals surface area contributed by atoms with E-state index in [4.69, 9.17) is 4.74 Å². The molecule has 2 aromatic heterocycles. The molecule has 1 aliphatic heterocycles. The van der Waals surface area contributed by atoms with Crippen LogP contribution in [-0.2, 0) is 9.84 Å². The van der Waals surface area contributed by atoms with E-state index in [1.165, 1.54) is 19.2 Å². The zero-order valence-corrected chi connectivity index (χ0v) is 21.3. The molecule has 3 heterocycles. The maximum absolute atomic E-state index is 14.6. The minimum atomic E-state index is -3.34. The van der Waals surface area contributed by atoms with Crippen molar-refractivity contribution in [3.8, 4) is 17.6 Å². The van der Waals surface area contributed by atoms with Gasteiger partial charge in [-0.15, -0.1) is 0 Å². The number of anilines is 2. The Balaban J connectivity index is 1.54. The third-order valence-electron chi connectivity index (χ3n) is 6.01. The third-order valence-corrected chi connectivity index (χ3v) is 7.12. The number of imidazole rings is 1. The van der Waals surface area contributed by atoms with Crippen molar-refractivity contribution >= 4 is 33.1 Å². The van der Waals surface area contributed by atoms with E-state index >= 15 is 0 Å². The van der Waals surface area contributed by atoms with Crippen molar-refractivity contribution in [2.24, 2.45) is 0 Å². The number of methoxy groups -OCH3 is 1. The SMILES string of the molecule is C=Cc1c(C#CCNc2ccc(S(C)(=O)=O)cc2OC)nc2c(N[C@@H]3CCN(C)C[C@@H]3F)nccn12. The van der Waals surface area contributed by atoms with Crippen LogP contribution in [0.1, 0.15) is 17.8 Å². The van der Waals surface area contributed by atoms with E-state index in [9.17, 15) is 12.8 Å². The summed E-state index contributed by atoms with van der Waals surface area (Å²) in [5.74, 6) is 6.99. The first-order valence-corrected chi connectivity index (χ1v) is 13.3. The molecular weight excluding hydrogens is 483 g/mol. The smallest absolute Gasteiger partial charge is 0.181 e. The van der Waals surface area contributed by atoms with Gasteiger partial charge in [0.1, 0.15) is 17.6 Å². The topological polar surface area (TPSA) is 101 Å². The molecule has 1 saturated heterocycles. The van der Waals surface area contributed by atoms with Crippen molar-refractivity contribution in [3.05, 3.63) is 48.6 Å². The van der Waals surface area contributed by atoms with Crippen LogP contribution in [0.2, 0.25) is 0 Å². The predicted octanol–water partition coefficient (Wildman–Crippen LogP) is 2.70. The maximum atomic E-state index is 14.6. The van der Waals surface area contributed by atoms with Gasteiger partial charge >= 0.3 is 0 Å². The Morgan fingerprint density at radius 3 is 2.89 bits per heavy atom. The Morgan fingerprint density at radius 2 is 2.19 bits per heavy atom. The first-order chi connectivity index (χ1) is 17.2. The fourth-order valence-electron chi connectivity index (χ4n) is 4.09. The summed E-state index contributed by atoms with van der Waals surface area (Å²) in [6, 6.07) is 4.28. The average molecular weight is 513 g/mol. The maximum Gasteiger partial charge on any atom is 0.181 e. The van der Waals surface area contributed by atoms with Crippen molar-refractivity contribution < 1.29 is 17.5 Å². The number of hydrogen-bond acceptors (Lipinski definition) is 8. The van der Waals surface area contributed by atoms with Crippen molar-refractivity contribution in [2.45, 2.75) is 23.5 Å². The molecule has 9 nitrogen and oxygen atoms in total. The highest BCUT2D eigenvalue weighted by atomic mass is 32.2. The van der Waals surface area contributed by atoms with Crippen LogP contribution in [0.5, 0.6) is 5.75 Å². The summed E-state index contributed by atoms with van der Waals surface area (Å²) in [6.07, 6.45) is 5.88. The molecule has 1 aromatic carbocycles. The summed E-state index contributed by atoms with van der Waals surface area (Å²) in [6.45, 7) is 5.33. The Bertz CT molecular complexity index is 1440. The second-order valence-electron chi connectivity index (χ2n) is 8.63. The van der Waals surface area contributed by atoms with Gasteiger partial charge in [0, 0.05) is 37.8 Å². The molecule has 0 bridgehead atoms. The first-order valence-electron chi connectivity index (χ1n) is 11.4. The molecule has 4 rings (SSSR count). The molecule has 1 fully saturated rings. The van der Waals surface area contributed by atoms with E-state index in [1.807, 2.05) is 16.3 Å². The number of piperidine rings is 1. The van der Waals surface area contributed by atoms with Crippen LogP contribution in [0, 0.1) is 11.8 Å². The standard InChI is InChI=1S/C25H29FN6O3S/c1-5-22-20(7-6-11-27-21-9-8-17(36(4,33)34)15-23(21)35-3)30-25-24(28-12-14-32(22)25)29-19-10-13-31(2)16-18(19)26/h5,8-9,12,14-15,18-19,27H,1,10-11,13,16H2,2-4H3,(H,28,29)/t18-,19+/m0/s1. The summed E-state index contributed by atoms with van der Waals surface area (Å²) >= 11 is 0. The number of likely N-dealkylation sites (tertiary alicyclic amines) is 1. The van der Waals surface area contributed by atoms with Gasteiger partial charge < -0.3 is 20.3 Å². The molecule has 36 heavy (non-hydrogen) atoms. The van der Waals surface area contributed by atoms with Crippen LogP contribution in [-0.4, -0.2) is 79.9 Å². The van der Waals surface area contributed by atoms with Crippen molar-refractivity contribution in [2.75, 3.05) is 50.7 Å². The molecule has 3 aromatic rings. The molecule has 0 spiro atoms. The lowest BCUT2D eigenvalue weighted by Gasteiger charge is -2.32. The summed E-state index contributed by atoms with van der Waals surface area (Å²) in [5.41, 5.74) is 2.39. The van der Waals surface area contributed by atoms with Crippen LogP contribution in [0.15, 0.2) is 42.1 Å². The molecular formula is C25H29FN6O3S. The van der Waals surface area contributed by atoms with Gasteiger partial charge in [0.25, 0.3) is 0 Å². The van der Waals surface area contributed by atoms with E-state index < -0.39 is 16.0 Å². The van der Waals surface area contributed by atoms with Gasteiger partial charge in [-0.1, -0.05) is 12.5 Å². The van der Waals surface area contributed by atoms with Crippen LogP contribution >= 0.6 is 0 Å². The molecule has 1 aliphatic rings. The number of sulfone groups is 1. The normalized spacial score (nSPS) is 18.3.